The van der Waals surface area contributed by atoms with Crippen LogP contribution in [0.5, 0.6) is 5.75 Å². The van der Waals surface area contributed by atoms with Gasteiger partial charge in [0.2, 0.25) is 0 Å². The minimum atomic E-state index is -0.303. The fraction of sp³-hybridized carbons (Fsp3) is 0.464. The lowest BCUT2D eigenvalue weighted by Gasteiger charge is -2.40. The number of amides is 1. The monoisotopic (exact) mass is 477 g/mol. The van der Waals surface area contributed by atoms with Crippen molar-refractivity contribution in [1.29, 1.82) is 0 Å². The molecule has 1 amide bonds. The molecule has 0 unspecified atom stereocenters. The van der Waals surface area contributed by atoms with Crippen LogP contribution in [0.4, 0.5) is 5.69 Å². The first-order valence-electron chi connectivity index (χ1n) is 12.3. The molecular formula is C28H35N3O2S. The maximum absolute atomic E-state index is 13.5. The van der Waals surface area contributed by atoms with Crippen molar-refractivity contribution >= 4 is 30.3 Å². The lowest BCUT2D eigenvalue weighted by molar-refractivity contribution is 0.0610. The van der Waals surface area contributed by atoms with Crippen molar-refractivity contribution in [2.24, 2.45) is 0 Å². The third-order valence-electron chi connectivity index (χ3n) is 7.82. The Morgan fingerprint density at radius 1 is 1.26 bits per heavy atom. The molecule has 0 spiro atoms. The summed E-state index contributed by atoms with van der Waals surface area (Å²) in [6.45, 7) is 8.11. The molecule has 180 valence electrons. The van der Waals surface area contributed by atoms with E-state index >= 15 is 0 Å². The minimum absolute atomic E-state index is 0.0427. The third kappa shape index (κ3) is 4.22. The lowest BCUT2D eigenvalue weighted by atomic mass is 9.88. The number of benzene rings is 2. The zero-order valence-corrected chi connectivity index (χ0v) is 21.3. The molecule has 6 heteroatoms. The smallest absolute Gasteiger partial charge is 0.252 e. The number of nitrogens with one attached hydrogen (secondary N) is 1. The summed E-state index contributed by atoms with van der Waals surface area (Å²) in [6, 6.07) is 10.5. The number of carbonyl (C=O) groups excluding carboxylic acids is 1. The largest absolute Gasteiger partial charge is 0.478 e. The Morgan fingerprint density at radius 3 is 2.71 bits per heavy atom. The number of carbonyl (C=O) groups is 1. The Labute approximate surface area is 208 Å². The Bertz CT molecular complexity index is 1130. The van der Waals surface area contributed by atoms with Crippen molar-refractivity contribution < 1.29 is 9.53 Å². The zero-order valence-electron chi connectivity index (χ0n) is 20.4. The highest BCUT2D eigenvalue weighted by atomic mass is 32.1. The average Bonchev–Trinajstić information content (AvgIpc) is 3.59. The molecule has 34 heavy (non-hydrogen) atoms. The fourth-order valence-corrected chi connectivity index (χ4v) is 5.84. The van der Waals surface area contributed by atoms with Gasteiger partial charge in [0, 0.05) is 24.8 Å². The van der Waals surface area contributed by atoms with Crippen LogP contribution in [-0.2, 0) is 12.0 Å². The minimum Gasteiger partial charge on any atom is -0.478 e. The Kier molecular flexibility index (Phi) is 6.15. The second-order valence-electron chi connectivity index (χ2n) is 10.2. The predicted molar refractivity (Wildman–Crippen MR) is 142 cm³/mol. The first-order valence-corrected chi connectivity index (χ1v) is 12.8. The van der Waals surface area contributed by atoms with Gasteiger partial charge in [0.25, 0.3) is 5.91 Å². The van der Waals surface area contributed by atoms with Crippen molar-refractivity contribution in [3.63, 3.8) is 0 Å². The summed E-state index contributed by atoms with van der Waals surface area (Å²) < 4.78 is 6.11. The van der Waals surface area contributed by atoms with Gasteiger partial charge in [-0.2, -0.15) is 0 Å². The summed E-state index contributed by atoms with van der Waals surface area (Å²) in [5.74, 6) is 0.646. The molecule has 1 saturated heterocycles. The normalized spacial score (nSPS) is 21.8. The van der Waals surface area contributed by atoms with Gasteiger partial charge in [0.1, 0.15) is 5.75 Å². The fourth-order valence-electron chi connectivity index (χ4n) is 5.35. The van der Waals surface area contributed by atoms with Crippen molar-refractivity contribution in [2.45, 2.75) is 56.0 Å². The zero-order chi connectivity index (χ0) is 24.0. The number of ether oxygens (including phenoxy) is 1. The van der Waals surface area contributed by atoms with E-state index < -0.39 is 0 Å². The Hall–Kier alpha value is -2.44. The highest BCUT2D eigenvalue weighted by molar-refractivity contribution is 7.80. The molecule has 3 aliphatic rings. The van der Waals surface area contributed by atoms with Crippen molar-refractivity contribution in [1.82, 2.24) is 10.2 Å². The second-order valence-corrected chi connectivity index (χ2v) is 10.7. The quantitative estimate of drug-likeness (QED) is 0.445. The average molecular weight is 478 g/mol. The van der Waals surface area contributed by atoms with E-state index in [4.69, 9.17) is 4.74 Å². The van der Waals surface area contributed by atoms with Gasteiger partial charge in [-0.3, -0.25) is 9.69 Å². The van der Waals surface area contributed by atoms with Crippen molar-refractivity contribution in [2.75, 3.05) is 32.1 Å². The van der Waals surface area contributed by atoms with E-state index in [9.17, 15) is 4.79 Å². The second kappa shape index (κ2) is 8.97. The number of fused-ring (bicyclic) bond motifs is 1. The van der Waals surface area contributed by atoms with E-state index in [1.807, 2.05) is 31.2 Å². The topological polar surface area (TPSA) is 44.8 Å². The molecule has 5 nitrogen and oxygen atoms in total. The number of rotatable bonds is 7. The molecule has 1 aliphatic carbocycles. The number of aryl methyl sites for hydroxylation is 1. The van der Waals surface area contributed by atoms with Crippen molar-refractivity contribution in [3.8, 4) is 5.75 Å². The summed E-state index contributed by atoms with van der Waals surface area (Å²) in [7, 11) is 4.24. The number of hydrogen-bond donors (Lipinski definition) is 2. The molecule has 1 saturated carbocycles. The molecule has 1 N–H and O–H groups in total. The molecule has 2 aromatic rings. The van der Waals surface area contributed by atoms with Crippen LogP contribution in [0.3, 0.4) is 0 Å². The lowest BCUT2D eigenvalue weighted by Crippen LogP contribution is -2.51. The molecule has 2 fully saturated rings. The van der Waals surface area contributed by atoms with E-state index in [0.717, 1.165) is 56.3 Å². The van der Waals surface area contributed by atoms with Gasteiger partial charge >= 0.3 is 0 Å². The van der Waals surface area contributed by atoms with Crippen LogP contribution < -0.4 is 15.0 Å². The number of nitrogens with zero attached hydrogens (tertiary/aromatic N) is 2. The Balaban J connectivity index is 1.40. The maximum Gasteiger partial charge on any atom is 0.252 e. The summed E-state index contributed by atoms with van der Waals surface area (Å²) in [5, 5.41) is 3.42. The summed E-state index contributed by atoms with van der Waals surface area (Å²) in [5.41, 5.74) is 6.10. The number of likely N-dealkylation sites (N-methyl/N-ethyl adjacent to an activating group) is 1. The SMILES string of the molecule is C=Cc1cc2c(c(C3(NC(=O)c4cc(O[C@@H](S)[C@@H]5CCN5C)ccc4C)CC3)c1)CCCN2C. The number of thiol groups is 1. The maximum atomic E-state index is 13.5. The molecule has 2 heterocycles. The Morgan fingerprint density at radius 2 is 2.06 bits per heavy atom. The number of likely N-dealkylation sites (tertiary alicyclic amines) is 1. The van der Waals surface area contributed by atoms with Crippen LogP contribution in [-0.4, -0.2) is 49.5 Å². The summed E-state index contributed by atoms with van der Waals surface area (Å²) in [4.78, 5) is 18.1. The first-order chi connectivity index (χ1) is 16.3. The van der Waals surface area contributed by atoms with Gasteiger partial charge in [-0.15, -0.1) is 12.6 Å². The summed E-state index contributed by atoms with van der Waals surface area (Å²) in [6.07, 6.45) is 7.08. The molecule has 2 atom stereocenters. The molecule has 2 aromatic carbocycles. The standard InChI is InChI=1S/C28H35N3O2S/c1-5-19-15-23(21-7-6-13-30(3)25(21)16-19)28(11-12-28)29-26(32)22-17-20(9-8-18(22)2)33-27(34)24-10-14-31(24)4/h5,8-9,15-17,24,27,34H,1,6-7,10-14H2,2-4H3,(H,29,32)/t24-,27-/m0/s1. The van der Waals surface area contributed by atoms with E-state index in [1.54, 1.807) is 0 Å². The molecule has 2 aliphatic heterocycles. The van der Waals surface area contributed by atoms with E-state index in [1.165, 1.54) is 16.8 Å². The molecule has 0 radical (unpaired) electrons. The van der Waals surface area contributed by atoms with E-state index in [2.05, 4.69) is 60.6 Å². The van der Waals surface area contributed by atoms with Gasteiger partial charge in [0.05, 0.1) is 11.6 Å². The molecular weight excluding hydrogens is 442 g/mol. The van der Waals surface area contributed by atoms with Crippen LogP contribution in [0.15, 0.2) is 36.9 Å². The predicted octanol–water partition coefficient (Wildman–Crippen LogP) is 4.78. The first kappa shape index (κ1) is 23.3. The van der Waals surface area contributed by atoms with Crippen LogP contribution in [0.1, 0.15) is 58.3 Å². The molecule has 0 aromatic heterocycles. The van der Waals surface area contributed by atoms with Gasteiger partial charge in [-0.05, 0) is 99.1 Å². The molecule has 0 bridgehead atoms. The number of anilines is 1. The van der Waals surface area contributed by atoms with Gasteiger partial charge in [-0.1, -0.05) is 18.7 Å². The van der Waals surface area contributed by atoms with Gasteiger partial charge in [-0.25, -0.2) is 0 Å². The highest BCUT2D eigenvalue weighted by Crippen LogP contribution is 2.50. The van der Waals surface area contributed by atoms with Gasteiger partial charge in [0.15, 0.2) is 5.44 Å². The van der Waals surface area contributed by atoms with Crippen LogP contribution in [0, 0.1) is 6.92 Å². The molecule has 5 rings (SSSR count). The van der Waals surface area contributed by atoms with Crippen molar-refractivity contribution in [3.05, 3.63) is 64.7 Å². The van der Waals surface area contributed by atoms with Gasteiger partial charge < -0.3 is 15.0 Å². The van der Waals surface area contributed by atoms with Crippen LogP contribution in [0.2, 0.25) is 0 Å². The van der Waals surface area contributed by atoms with E-state index in [-0.39, 0.29) is 16.9 Å². The number of hydrogen-bond acceptors (Lipinski definition) is 5. The third-order valence-corrected chi connectivity index (χ3v) is 8.27. The summed E-state index contributed by atoms with van der Waals surface area (Å²) >= 11 is 4.66. The van der Waals surface area contributed by atoms with Crippen LogP contribution >= 0.6 is 12.6 Å². The van der Waals surface area contributed by atoms with Crippen LogP contribution in [0.25, 0.3) is 6.08 Å². The highest BCUT2D eigenvalue weighted by Gasteiger charge is 2.48. The van der Waals surface area contributed by atoms with E-state index in [0.29, 0.717) is 17.4 Å².